The topological polar surface area (TPSA) is 33.5 Å². The summed E-state index contributed by atoms with van der Waals surface area (Å²) >= 11 is 0. The number of carbonyl (C=O) groups excluding carboxylic acids is 1. The fraction of sp³-hybridized carbons (Fsp3) is 0.421. The summed E-state index contributed by atoms with van der Waals surface area (Å²) in [6.45, 7) is 3.03. The number of aryl methyl sites for hydroxylation is 1. The number of amides is 1. The molecule has 0 spiro atoms. The number of nitrogens with zero attached hydrogens (tertiary/aromatic N) is 1. The van der Waals surface area contributed by atoms with Gasteiger partial charge in [-0.15, -0.1) is 0 Å². The lowest BCUT2D eigenvalue weighted by molar-refractivity contribution is -0.133. The van der Waals surface area contributed by atoms with Crippen molar-refractivity contribution >= 4 is 5.91 Å². The van der Waals surface area contributed by atoms with E-state index in [4.69, 9.17) is 4.42 Å². The summed E-state index contributed by atoms with van der Waals surface area (Å²) < 4.78 is 5.46. The molecule has 1 amide bonds. The van der Waals surface area contributed by atoms with Crippen LogP contribution in [0.15, 0.2) is 47.1 Å². The second-order valence-electron chi connectivity index (χ2n) is 6.51. The molecule has 22 heavy (non-hydrogen) atoms. The monoisotopic (exact) mass is 295 g/mol. The van der Waals surface area contributed by atoms with Crippen LogP contribution in [0, 0.1) is 12.8 Å². The Morgan fingerprint density at radius 2 is 2.09 bits per heavy atom. The molecule has 3 heteroatoms. The molecule has 0 radical (unpaired) electrons. The second-order valence-corrected chi connectivity index (χ2v) is 6.51. The van der Waals surface area contributed by atoms with Gasteiger partial charge in [-0.25, -0.2) is 0 Å². The Morgan fingerprint density at radius 1 is 1.23 bits per heavy atom. The maximum absolute atomic E-state index is 12.9. The molecule has 1 saturated carbocycles. The normalized spacial score (nSPS) is 27.1. The number of likely N-dealkylation sites (tertiary alicyclic amines) is 1. The van der Waals surface area contributed by atoms with Crippen molar-refractivity contribution in [3.63, 3.8) is 0 Å². The van der Waals surface area contributed by atoms with Crippen LogP contribution >= 0.6 is 0 Å². The minimum Gasteiger partial charge on any atom is -0.469 e. The third-order valence-electron chi connectivity index (χ3n) is 5.10. The zero-order valence-corrected chi connectivity index (χ0v) is 12.9. The van der Waals surface area contributed by atoms with Crippen molar-refractivity contribution in [1.82, 2.24) is 4.90 Å². The van der Waals surface area contributed by atoms with Gasteiger partial charge in [0.15, 0.2) is 0 Å². The molecule has 3 atom stereocenters. The van der Waals surface area contributed by atoms with Gasteiger partial charge in [-0.2, -0.15) is 0 Å². The average molecular weight is 295 g/mol. The third-order valence-corrected chi connectivity index (χ3v) is 5.10. The molecule has 2 aliphatic rings. The largest absolute Gasteiger partial charge is 0.469 e. The predicted molar refractivity (Wildman–Crippen MR) is 84.4 cm³/mol. The van der Waals surface area contributed by atoms with Crippen molar-refractivity contribution in [1.29, 1.82) is 0 Å². The summed E-state index contributed by atoms with van der Waals surface area (Å²) in [6.07, 6.45) is 4.81. The van der Waals surface area contributed by atoms with Gasteiger partial charge in [0.1, 0.15) is 5.76 Å². The third kappa shape index (κ3) is 2.25. The zero-order valence-electron chi connectivity index (χ0n) is 12.9. The molecule has 2 fully saturated rings. The van der Waals surface area contributed by atoms with Gasteiger partial charge in [0.25, 0.3) is 0 Å². The maximum Gasteiger partial charge on any atom is 0.226 e. The van der Waals surface area contributed by atoms with E-state index < -0.39 is 0 Å². The van der Waals surface area contributed by atoms with E-state index in [0.29, 0.717) is 11.8 Å². The minimum absolute atomic E-state index is 0.121. The van der Waals surface area contributed by atoms with Gasteiger partial charge in [0.2, 0.25) is 5.91 Å². The van der Waals surface area contributed by atoms with Crippen LogP contribution in [0.5, 0.6) is 0 Å². The molecule has 0 N–H and O–H groups in total. The van der Waals surface area contributed by atoms with Crippen molar-refractivity contribution in [2.75, 3.05) is 6.54 Å². The quantitative estimate of drug-likeness (QED) is 0.855. The second kappa shape index (κ2) is 5.31. The van der Waals surface area contributed by atoms with Gasteiger partial charge >= 0.3 is 0 Å². The van der Waals surface area contributed by atoms with E-state index in [9.17, 15) is 4.79 Å². The number of benzene rings is 1. The van der Waals surface area contributed by atoms with Gasteiger partial charge in [-0.3, -0.25) is 4.79 Å². The van der Waals surface area contributed by atoms with Gasteiger partial charge in [-0.05, 0) is 49.4 Å². The number of hydrogen-bond donors (Lipinski definition) is 0. The molecule has 1 aliphatic heterocycles. The van der Waals surface area contributed by atoms with E-state index in [2.05, 4.69) is 36.1 Å². The molecule has 2 aromatic rings. The minimum atomic E-state index is 0.121. The number of furan rings is 1. The summed E-state index contributed by atoms with van der Waals surface area (Å²) in [5.41, 5.74) is 2.59. The Hall–Kier alpha value is -2.03. The van der Waals surface area contributed by atoms with Gasteiger partial charge in [0, 0.05) is 18.4 Å². The molecule has 4 rings (SSSR count). The first-order valence-electron chi connectivity index (χ1n) is 8.15. The summed E-state index contributed by atoms with van der Waals surface area (Å²) in [6, 6.07) is 12.6. The first kappa shape index (κ1) is 13.6. The molecular weight excluding hydrogens is 274 g/mol. The molecular formula is C19H21NO2. The summed E-state index contributed by atoms with van der Waals surface area (Å²) in [5.74, 6) is 1.69. The molecule has 3 unspecified atom stereocenters. The highest BCUT2D eigenvalue weighted by atomic mass is 16.3. The lowest BCUT2D eigenvalue weighted by Crippen LogP contribution is -2.32. The van der Waals surface area contributed by atoms with Gasteiger partial charge in [0.05, 0.1) is 12.3 Å². The SMILES string of the molecule is Cc1ccccc1C1CCCN1C(=O)C1CC1c1ccco1. The Bertz CT molecular complexity index is 677. The standard InChI is InChI=1S/C19H21NO2/c1-13-6-2-3-7-14(13)17-8-4-10-20(17)19(21)16-12-15(16)18-9-5-11-22-18/h2-3,5-7,9,11,15-17H,4,8,10,12H2,1H3. The van der Waals surface area contributed by atoms with Crippen LogP contribution in [0.4, 0.5) is 0 Å². The lowest BCUT2D eigenvalue weighted by atomic mass is 9.99. The number of carbonyl (C=O) groups is 1. The van der Waals surface area contributed by atoms with E-state index in [-0.39, 0.29) is 12.0 Å². The van der Waals surface area contributed by atoms with E-state index in [1.54, 1.807) is 6.26 Å². The van der Waals surface area contributed by atoms with Crippen molar-refractivity contribution < 1.29 is 9.21 Å². The Labute approximate surface area is 130 Å². The number of hydrogen-bond acceptors (Lipinski definition) is 2. The molecule has 1 aliphatic carbocycles. The first-order valence-corrected chi connectivity index (χ1v) is 8.15. The molecule has 1 aromatic heterocycles. The van der Waals surface area contributed by atoms with Crippen LogP contribution in [0.1, 0.15) is 48.1 Å². The Morgan fingerprint density at radius 3 is 2.86 bits per heavy atom. The van der Waals surface area contributed by atoms with E-state index in [1.807, 2.05) is 12.1 Å². The van der Waals surface area contributed by atoms with E-state index in [0.717, 1.165) is 31.6 Å². The zero-order chi connectivity index (χ0) is 15.1. The van der Waals surface area contributed by atoms with Crippen molar-refractivity contribution in [2.24, 2.45) is 5.92 Å². The highest BCUT2D eigenvalue weighted by Gasteiger charge is 2.49. The first-order chi connectivity index (χ1) is 10.8. The summed E-state index contributed by atoms with van der Waals surface area (Å²) in [7, 11) is 0. The molecule has 1 saturated heterocycles. The van der Waals surface area contributed by atoms with Crippen LogP contribution < -0.4 is 0 Å². The smallest absolute Gasteiger partial charge is 0.226 e. The maximum atomic E-state index is 12.9. The molecule has 1 aromatic carbocycles. The van der Waals surface area contributed by atoms with Gasteiger partial charge in [-0.1, -0.05) is 24.3 Å². The van der Waals surface area contributed by atoms with Crippen molar-refractivity contribution in [3.05, 3.63) is 59.5 Å². The highest BCUT2D eigenvalue weighted by molar-refractivity contribution is 5.83. The Balaban J connectivity index is 1.52. The molecule has 0 bridgehead atoms. The molecule has 114 valence electrons. The van der Waals surface area contributed by atoms with Crippen molar-refractivity contribution in [3.8, 4) is 0 Å². The highest BCUT2D eigenvalue weighted by Crippen LogP contribution is 2.50. The van der Waals surface area contributed by atoms with Crippen LogP contribution in [0.25, 0.3) is 0 Å². The van der Waals surface area contributed by atoms with Crippen LogP contribution in [0.3, 0.4) is 0 Å². The van der Waals surface area contributed by atoms with E-state index >= 15 is 0 Å². The number of rotatable bonds is 3. The van der Waals surface area contributed by atoms with Crippen LogP contribution in [0.2, 0.25) is 0 Å². The van der Waals surface area contributed by atoms with Crippen LogP contribution in [-0.2, 0) is 4.79 Å². The van der Waals surface area contributed by atoms with Gasteiger partial charge < -0.3 is 9.32 Å². The lowest BCUT2D eigenvalue weighted by Gasteiger charge is -2.26. The van der Waals surface area contributed by atoms with E-state index in [1.165, 1.54) is 11.1 Å². The molecule has 3 nitrogen and oxygen atoms in total. The summed E-state index contributed by atoms with van der Waals surface area (Å²) in [4.78, 5) is 15.0. The fourth-order valence-corrected chi connectivity index (χ4v) is 3.81. The summed E-state index contributed by atoms with van der Waals surface area (Å²) in [5, 5.41) is 0. The molecule has 2 heterocycles. The average Bonchev–Trinajstić information content (AvgIpc) is 2.95. The van der Waals surface area contributed by atoms with Crippen molar-refractivity contribution in [2.45, 2.75) is 38.1 Å². The Kier molecular flexibility index (Phi) is 3.29. The van der Waals surface area contributed by atoms with Crippen LogP contribution in [-0.4, -0.2) is 17.4 Å². The fourth-order valence-electron chi connectivity index (χ4n) is 3.81. The predicted octanol–water partition coefficient (Wildman–Crippen LogP) is 4.06.